The van der Waals surface area contributed by atoms with E-state index in [0.717, 1.165) is 25.9 Å². The molecule has 0 aliphatic carbocycles. The molecule has 1 aromatic rings. The zero-order chi connectivity index (χ0) is 19.6. The molecule has 0 radical (unpaired) electrons. The fourth-order valence-electron chi connectivity index (χ4n) is 3.89. The fraction of sp³-hybridized carbons (Fsp3) is 0.632. The minimum absolute atomic E-state index is 0.0681. The van der Waals surface area contributed by atoms with Crippen LogP contribution in [0.1, 0.15) is 33.6 Å². The van der Waals surface area contributed by atoms with E-state index in [1.807, 2.05) is 20.8 Å². The number of benzene rings is 1. The molecule has 150 valence electrons. The van der Waals surface area contributed by atoms with Crippen LogP contribution in [0.3, 0.4) is 0 Å². The maximum absolute atomic E-state index is 12.6. The van der Waals surface area contributed by atoms with Gasteiger partial charge in [0.25, 0.3) is 5.91 Å². The molecule has 0 bridgehead atoms. The second kappa shape index (κ2) is 8.26. The molecule has 3 atom stereocenters. The molecule has 2 heterocycles. The van der Waals surface area contributed by atoms with Crippen molar-refractivity contribution in [3.8, 4) is 0 Å². The van der Waals surface area contributed by atoms with Gasteiger partial charge in [0.05, 0.1) is 4.90 Å². The van der Waals surface area contributed by atoms with Gasteiger partial charge in [-0.05, 0) is 57.9 Å². The van der Waals surface area contributed by atoms with Crippen LogP contribution in [0.15, 0.2) is 29.2 Å². The van der Waals surface area contributed by atoms with Gasteiger partial charge in [0, 0.05) is 18.8 Å². The van der Waals surface area contributed by atoms with Crippen molar-refractivity contribution >= 4 is 21.6 Å². The molecule has 0 aromatic heterocycles. The normalized spacial score (nSPS) is 28.0. The minimum Gasteiger partial charge on any atom is -0.364 e. The van der Waals surface area contributed by atoms with Crippen LogP contribution in [0.4, 0.5) is 5.69 Å². The van der Waals surface area contributed by atoms with Crippen LogP contribution in [0.25, 0.3) is 0 Å². The van der Waals surface area contributed by atoms with Crippen LogP contribution < -0.4 is 10.2 Å². The van der Waals surface area contributed by atoms with Gasteiger partial charge >= 0.3 is 0 Å². The number of amides is 1. The molecule has 1 amide bonds. The van der Waals surface area contributed by atoms with Crippen LogP contribution in [-0.2, 0) is 19.6 Å². The maximum Gasteiger partial charge on any atom is 0.282 e. The number of nitrogens with zero attached hydrogens (tertiary/aromatic N) is 1. The molecule has 2 saturated heterocycles. The quantitative estimate of drug-likeness (QED) is 0.759. The Morgan fingerprint density at radius 1 is 1.15 bits per heavy atom. The van der Waals surface area contributed by atoms with Crippen molar-refractivity contribution in [1.29, 1.82) is 0 Å². The third kappa shape index (κ3) is 4.68. The Bertz CT molecular complexity index is 750. The lowest BCUT2D eigenvalue weighted by Crippen LogP contribution is -3.19. The minimum atomic E-state index is -3.43. The molecule has 2 fully saturated rings. The van der Waals surface area contributed by atoms with Crippen molar-refractivity contribution in [1.82, 2.24) is 4.31 Å². The van der Waals surface area contributed by atoms with Crippen molar-refractivity contribution < 1.29 is 22.8 Å². The predicted molar refractivity (Wildman–Crippen MR) is 103 cm³/mol. The number of rotatable bonds is 5. The third-order valence-corrected chi connectivity index (χ3v) is 7.31. The smallest absolute Gasteiger partial charge is 0.282 e. The topological polar surface area (TPSA) is 80.2 Å². The first-order chi connectivity index (χ1) is 12.8. The van der Waals surface area contributed by atoms with E-state index in [1.165, 1.54) is 9.21 Å². The van der Waals surface area contributed by atoms with Gasteiger partial charge in [0.2, 0.25) is 10.0 Å². The van der Waals surface area contributed by atoms with Crippen LogP contribution in [0.5, 0.6) is 0 Å². The van der Waals surface area contributed by atoms with Gasteiger partial charge in [-0.2, -0.15) is 4.31 Å². The van der Waals surface area contributed by atoms with Crippen LogP contribution >= 0.6 is 0 Å². The zero-order valence-corrected chi connectivity index (χ0v) is 17.1. The Morgan fingerprint density at radius 3 is 2.26 bits per heavy atom. The summed E-state index contributed by atoms with van der Waals surface area (Å²) in [6, 6.07) is 6.26. The first kappa shape index (κ1) is 20.3. The molecule has 0 spiro atoms. The Labute approximate surface area is 161 Å². The van der Waals surface area contributed by atoms with Gasteiger partial charge in [-0.1, -0.05) is 0 Å². The van der Waals surface area contributed by atoms with Gasteiger partial charge in [-0.3, -0.25) is 4.79 Å². The number of hydrogen-bond acceptors (Lipinski definition) is 4. The Balaban J connectivity index is 1.63. The van der Waals surface area contributed by atoms with Crippen molar-refractivity contribution in [2.75, 3.05) is 31.5 Å². The van der Waals surface area contributed by atoms with E-state index in [1.54, 1.807) is 24.3 Å². The maximum atomic E-state index is 12.6. The van der Waals surface area contributed by atoms with Crippen molar-refractivity contribution in [2.45, 2.75) is 56.8 Å². The first-order valence-corrected chi connectivity index (χ1v) is 11.1. The fourth-order valence-corrected chi connectivity index (χ4v) is 5.41. The van der Waals surface area contributed by atoms with Gasteiger partial charge in [0.15, 0.2) is 6.04 Å². The van der Waals surface area contributed by atoms with Gasteiger partial charge in [0.1, 0.15) is 25.3 Å². The molecular formula is C19H30N3O4S+. The van der Waals surface area contributed by atoms with Gasteiger partial charge in [-0.15, -0.1) is 0 Å². The Kier molecular flexibility index (Phi) is 6.20. The summed E-state index contributed by atoms with van der Waals surface area (Å²) in [5, 5.41) is 2.91. The van der Waals surface area contributed by atoms with E-state index in [4.69, 9.17) is 4.74 Å². The summed E-state index contributed by atoms with van der Waals surface area (Å²) in [6.07, 6.45) is 2.08. The third-order valence-electron chi connectivity index (χ3n) is 5.39. The van der Waals surface area contributed by atoms with E-state index in [0.29, 0.717) is 18.8 Å². The number of carbonyl (C=O) groups excluding carboxylic acids is 1. The molecule has 2 aliphatic rings. The molecule has 1 aromatic carbocycles. The summed E-state index contributed by atoms with van der Waals surface area (Å²) in [5.74, 6) is -0.0681. The lowest BCUT2D eigenvalue weighted by atomic mass is 10.1. The van der Waals surface area contributed by atoms with E-state index >= 15 is 0 Å². The molecule has 2 aliphatic heterocycles. The number of ether oxygens (including phenoxy) is 1. The number of nitrogens with one attached hydrogen (secondary N) is 2. The molecule has 27 heavy (non-hydrogen) atoms. The standard InChI is InChI=1S/C19H29N3O4S/c1-14-12-21(13-15(2)26-14)16(3)19(23)20-17-6-8-18(9-7-17)27(24,25)22-10-4-5-11-22/h6-9,14-16H,4-5,10-13H2,1-3H3,(H,20,23)/p+1/t14-,15-,16-/m0/s1. The van der Waals surface area contributed by atoms with Gasteiger partial charge < -0.3 is 15.0 Å². The number of morpholine rings is 1. The Hall–Kier alpha value is -1.48. The molecular weight excluding hydrogens is 366 g/mol. The predicted octanol–water partition coefficient (Wildman–Crippen LogP) is 0.490. The van der Waals surface area contributed by atoms with Crippen LogP contribution in [0.2, 0.25) is 0 Å². The number of hydrogen-bond donors (Lipinski definition) is 2. The van der Waals surface area contributed by atoms with Crippen molar-refractivity contribution in [3.63, 3.8) is 0 Å². The highest BCUT2D eigenvalue weighted by Gasteiger charge is 2.33. The van der Waals surface area contributed by atoms with E-state index in [9.17, 15) is 13.2 Å². The summed E-state index contributed by atoms with van der Waals surface area (Å²) >= 11 is 0. The van der Waals surface area contributed by atoms with Gasteiger partial charge in [-0.25, -0.2) is 8.42 Å². The highest BCUT2D eigenvalue weighted by molar-refractivity contribution is 7.89. The monoisotopic (exact) mass is 396 g/mol. The summed E-state index contributed by atoms with van der Waals surface area (Å²) in [6.45, 7) is 8.73. The Morgan fingerprint density at radius 2 is 1.70 bits per heavy atom. The molecule has 8 heteroatoms. The number of sulfonamides is 1. The van der Waals surface area contributed by atoms with Crippen molar-refractivity contribution in [2.24, 2.45) is 0 Å². The highest BCUT2D eigenvalue weighted by Crippen LogP contribution is 2.22. The summed E-state index contributed by atoms with van der Waals surface area (Å²) in [5.41, 5.74) is 0.612. The second-order valence-corrected chi connectivity index (χ2v) is 9.61. The molecule has 0 saturated carbocycles. The average Bonchev–Trinajstić information content (AvgIpc) is 3.16. The van der Waals surface area contributed by atoms with E-state index in [-0.39, 0.29) is 29.1 Å². The molecule has 7 nitrogen and oxygen atoms in total. The summed E-state index contributed by atoms with van der Waals surface area (Å²) in [4.78, 5) is 14.1. The molecule has 3 rings (SSSR count). The first-order valence-electron chi connectivity index (χ1n) is 9.68. The molecule has 0 unspecified atom stereocenters. The number of anilines is 1. The summed E-state index contributed by atoms with van der Waals surface area (Å²) in [7, 11) is -3.43. The largest absolute Gasteiger partial charge is 0.364 e. The SMILES string of the molecule is C[C@H]1C[NH+]([C@@H](C)C(=O)Nc2ccc(S(=O)(=O)N3CCCC3)cc2)C[C@H](C)O1. The average molecular weight is 397 g/mol. The van der Waals surface area contributed by atoms with Crippen molar-refractivity contribution in [3.05, 3.63) is 24.3 Å². The number of carbonyl (C=O) groups is 1. The summed E-state index contributed by atoms with van der Waals surface area (Å²) < 4.78 is 32.4. The van der Waals surface area contributed by atoms with Crippen LogP contribution in [0, 0.1) is 0 Å². The lowest BCUT2D eigenvalue weighted by molar-refractivity contribution is -0.928. The highest BCUT2D eigenvalue weighted by atomic mass is 32.2. The lowest BCUT2D eigenvalue weighted by Gasteiger charge is -2.35. The second-order valence-electron chi connectivity index (χ2n) is 7.67. The number of quaternary nitrogens is 1. The van der Waals surface area contributed by atoms with E-state index < -0.39 is 10.0 Å². The van der Waals surface area contributed by atoms with Crippen LogP contribution in [-0.4, -0.2) is 63.1 Å². The zero-order valence-electron chi connectivity index (χ0n) is 16.3. The van der Waals surface area contributed by atoms with E-state index in [2.05, 4.69) is 5.32 Å². The molecule has 2 N–H and O–H groups in total.